The molecule has 9 heteroatoms. The second-order valence-electron chi connectivity index (χ2n) is 9.12. The number of carbonyl (C=O) groups is 1. The van der Waals surface area contributed by atoms with Gasteiger partial charge >= 0.3 is 0 Å². The van der Waals surface area contributed by atoms with Gasteiger partial charge in [-0.2, -0.15) is 0 Å². The normalized spacial score (nSPS) is 11.5. The van der Waals surface area contributed by atoms with Crippen LogP contribution in [-0.2, 0) is 16.6 Å². The molecule has 198 valence electrons. The van der Waals surface area contributed by atoms with Gasteiger partial charge in [-0.3, -0.25) is 19.0 Å². The molecular formula is C30H28N4O3S2. The van der Waals surface area contributed by atoms with Gasteiger partial charge in [-0.1, -0.05) is 47.7 Å². The first-order valence-electron chi connectivity index (χ1n) is 12.6. The predicted octanol–water partition coefficient (Wildman–Crippen LogP) is 6.37. The number of hydrogen-bond acceptors (Lipinski definition) is 6. The fraction of sp³-hybridized carbons (Fsp3) is 0.167. The Labute approximate surface area is 232 Å². The van der Waals surface area contributed by atoms with E-state index in [2.05, 4.69) is 11.1 Å². The van der Waals surface area contributed by atoms with Gasteiger partial charge in [0, 0.05) is 18.3 Å². The zero-order valence-corrected chi connectivity index (χ0v) is 23.5. The second-order valence-corrected chi connectivity index (χ2v) is 12.0. The highest BCUT2D eigenvalue weighted by molar-refractivity contribution is 7.92. The first-order valence-corrected chi connectivity index (χ1v) is 14.8. The first-order chi connectivity index (χ1) is 18.8. The van der Waals surface area contributed by atoms with Crippen LogP contribution in [0, 0.1) is 13.8 Å². The van der Waals surface area contributed by atoms with Gasteiger partial charge in [0.2, 0.25) is 0 Å². The van der Waals surface area contributed by atoms with E-state index in [-0.39, 0.29) is 23.9 Å². The molecule has 2 heterocycles. The monoisotopic (exact) mass is 556 g/mol. The van der Waals surface area contributed by atoms with E-state index >= 15 is 0 Å². The number of carbonyl (C=O) groups excluding carboxylic acids is 1. The Morgan fingerprint density at radius 2 is 1.56 bits per heavy atom. The van der Waals surface area contributed by atoms with Crippen LogP contribution in [0.25, 0.3) is 10.2 Å². The number of amides is 1. The summed E-state index contributed by atoms with van der Waals surface area (Å²) in [4.78, 5) is 24.8. The van der Waals surface area contributed by atoms with Crippen molar-refractivity contribution in [1.29, 1.82) is 0 Å². The molecule has 5 aromatic rings. The van der Waals surface area contributed by atoms with Crippen molar-refractivity contribution in [3.05, 3.63) is 114 Å². The van der Waals surface area contributed by atoms with Crippen molar-refractivity contribution in [1.82, 2.24) is 9.97 Å². The summed E-state index contributed by atoms with van der Waals surface area (Å²) in [6.07, 6.45) is 1.69. The van der Waals surface area contributed by atoms with Crippen molar-refractivity contribution in [2.45, 2.75) is 32.2 Å². The molecule has 0 atom stereocenters. The summed E-state index contributed by atoms with van der Waals surface area (Å²) < 4.78 is 29.2. The molecule has 0 aliphatic rings. The van der Waals surface area contributed by atoms with Crippen molar-refractivity contribution < 1.29 is 13.2 Å². The average Bonchev–Trinajstić information content (AvgIpc) is 3.42. The molecule has 3 aromatic carbocycles. The van der Waals surface area contributed by atoms with Gasteiger partial charge in [-0.15, -0.1) is 0 Å². The van der Waals surface area contributed by atoms with E-state index in [4.69, 9.17) is 4.98 Å². The van der Waals surface area contributed by atoms with Gasteiger partial charge in [-0.25, -0.2) is 13.4 Å². The number of hydrogen-bond donors (Lipinski definition) is 0. The van der Waals surface area contributed by atoms with Gasteiger partial charge in [-0.05, 0) is 80.4 Å². The molecule has 1 amide bonds. The Morgan fingerprint density at radius 3 is 2.21 bits per heavy atom. The summed E-state index contributed by atoms with van der Waals surface area (Å²) in [5.41, 5.74) is 4.67. The zero-order valence-electron chi connectivity index (χ0n) is 21.9. The lowest BCUT2D eigenvalue weighted by atomic mass is 10.1. The number of pyridine rings is 1. The van der Waals surface area contributed by atoms with Crippen molar-refractivity contribution in [2.75, 3.05) is 15.7 Å². The van der Waals surface area contributed by atoms with Crippen LogP contribution < -0.4 is 9.21 Å². The van der Waals surface area contributed by atoms with Crippen molar-refractivity contribution >= 4 is 48.3 Å². The van der Waals surface area contributed by atoms with Gasteiger partial charge in [0.25, 0.3) is 15.9 Å². The number of para-hydroxylation sites is 1. The van der Waals surface area contributed by atoms with Gasteiger partial charge in [0.15, 0.2) is 5.13 Å². The SMILES string of the molecule is CCN(c1ccccc1)S(=O)(=O)c1ccc(C(=O)N(Cc2ccccn2)c2nc3c(C)ccc(C)c3s2)cc1. The third kappa shape index (κ3) is 5.28. The van der Waals surface area contributed by atoms with Crippen LogP contribution in [0.3, 0.4) is 0 Å². The maximum atomic E-state index is 13.9. The number of sulfonamides is 1. The van der Waals surface area contributed by atoms with Crippen LogP contribution in [-0.4, -0.2) is 30.8 Å². The fourth-order valence-electron chi connectivity index (χ4n) is 4.38. The minimum Gasteiger partial charge on any atom is -0.278 e. The highest BCUT2D eigenvalue weighted by atomic mass is 32.2. The predicted molar refractivity (Wildman–Crippen MR) is 157 cm³/mol. The Bertz CT molecular complexity index is 1680. The summed E-state index contributed by atoms with van der Waals surface area (Å²) in [5.74, 6) is -0.283. The highest BCUT2D eigenvalue weighted by Gasteiger charge is 2.26. The number of aryl methyl sites for hydroxylation is 2. The summed E-state index contributed by atoms with van der Waals surface area (Å²) in [7, 11) is -3.81. The maximum absolute atomic E-state index is 13.9. The maximum Gasteiger partial charge on any atom is 0.264 e. The van der Waals surface area contributed by atoms with Crippen LogP contribution in [0.1, 0.15) is 34.1 Å². The van der Waals surface area contributed by atoms with Gasteiger partial charge < -0.3 is 0 Å². The summed E-state index contributed by atoms with van der Waals surface area (Å²) >= 11 is 1.46. The van der Waals surface area contributed by atoms with Crippen molar-refractivity contribution in [2.24, 2.45) is 0 Å². The molecule has 0 saturated carbocycles. The molecule has 0 aliphatic carbocycles. The Morgan fingerprint density at radius 1 is 0.872 bits per heavy atom. The molecule has 0 bridgehead atoms. The van der Waals surface area contributed by atoms with Crippen molar-refractivity contribution in [3.63, 3.8) is 0 Å². The quantitative estimate of drug-likeness (QED) is 0.222. The van der Waals surface area contributed by atoms with E-state index < -0.39 is 10.0 Å². The minimum atomic E-state index is -3.81. The smallest absolute Gasteiger partial charge is 0.264 e. The van der Waals surface area contributed by atoms with E-state index in [1.54, 1.807) is 54.4 Å². The lowest BCUT2D eigenvalue weighted by Crippen LogP contribution is -2.32. The number of rotatable bonds is 8. The van der Waals surface area contributed by atoms with Crippen LogP contribution in [0.15, 0.2) is 96.0 Å². The largest absolute Gasteiger partial charge is 0.278 e. The molecule has 0 saturated heterocycles. The highest BCUT2D eigenvalue weighted by Crippen LogP contribution is 2.34. The molecule has 2 aromatic heterocycles. The van der Waals surface area contributed by atoms with E-state index in [1.165, 1.54) is 27.8 Å². The zero-order chi connectivity index (χ0) is 27.6. The third-order valence-electron chi connectivity index (χ3n) is 6.47. The molecule has 0 radical (unpaired) electrons. The average molecular weight is 557 g/mol. The molecule has 0 N–H and O–H groups in total. The van der Waals surface area contributed by atoms with Crippen LogP contribution in [0.2, 0.25) is 0 Å². The van der Waals surface area contributed by atoms with Crippen LogP contribution in [0.4, 0.5) is 10.8 Å². The summed E-state index contributed by atoms with van der Waals surface area (Å²) in [6.45, 7) is 6.34. The molecule has 39 heavy (non-hydrogen) atoms. The lowest BCUT2D eigenvalue weighted by Gasteiger charge is -2.23. The number of fused-ring (bicyclic) bond motifs is 1. The summed E-state index contributed by atoms with van der Waals surface area (Å²) in [5, 5.41) is 0.566. The second kappa shape index (κ2) is 11.0. The van der Waals surface area contributed by atoms with E-state index in [0.717, 1.165) is 27.0 Å². The van der Waals surface area contributed by atoms with E-state index in [1.807, 2.05) is 44.2 Å². The Balaban J connectivity index is 1.50. The van der Waals surface area contributed by atoms with E-state index in [0.29, 0.717) is 16.4 Å². The fourth-order valence-corrected chi connectivity index (χ4v) is 6.96. The number of nitrogens with zero attached hydrogens (tertiary/aromatic N) is 4. The number of anilines is 2. The van der Waals surface area contributed by atoms with Crippen molar-refractivity contribution in [3.8, 4) is 0 Å². The molecule has 0 spiro atoms. The van der Waals surface area contributed by atoms with E-state index in [9.17, 15) is 13.2 Å². The molecule has 0 unspecified atom stereocenters. The number of thiazole rings is 1. The van der Waals surface area contributed by atoms with Crippen LogP contribution in [0.5, 0.6) is 0 Å². The lowest BCUT2D eigenvalue weighted by molar-refractivity contribution is 0.0984. The molecule has 0 aliphatic heterocycles. The molecular weight excluding hydrogens is 528 g/mol. The summed E-state index contributed by atoms with van der Waals surface area (Å²) in [6, 6.07) is 24.7. The first kappa shape index (κ1) is 26.5. The standard InChI is InChI=1S/C30H28N4O3S2/c1-4-34(25-11-6-5-7-12-25)39(36,37)26-17-15-23(16-18-26)29(35)33(20-24-10-8-9-19-31-24)30-32-27-21(2)13-14-22(3)28(27)38-30/h5-19H,4,20H2,1-3H3. The molecule has 0 fully saturated rings. The molecule has 5 rings (SSSR count). The van der Waals surface area contributed by atoms with Crippen LogP contribution >= 0.6 is 11.3 Å². The number of benzene rings is 3. The minimum absolute atomic E-state index is 0.118. The molecule has 7 nitrogen and oxygen atoms in total. The Kier molecular flexibility index (Phi) is 7.45. The van der Waals surface area contributed by atoms with Gasteiger partial charge in [0.1, 0.15) is 0 Å². The Hall–Kier alpha value is -4.08. The topological polar surface area (TPSA) is 83.5 Å². The third-order valence-corrected chi connectivity index (χ3v) is 9.60. The van der Waals surface area contributed by atoms with Gasteiger partial charge in [0.05, 0.1) is 33.0 Å². The number of aromatic nitrogens is 2.